The number of amides is 1. The number of hydrogen-bond donors (Lipinski definition) is 0. The van der Waals surface area contributed by atoms with Gasteiger partial charge < -0.3 is 14.0 Å². The van der Waals surface area contributed by atoms with E-state index in [4.69, 9.17) is 4.52 Å². The quantitative estimate of drug-likeness (QED) is 0.828. The van der Waals surface area contributed by atoms with Crippen LogP contribution in [-0.4, -0.2) is 38.6 Å². The maximum atomic E-state index is 13.0. The Labute approximate surface area is 159 Å². The van der Waals surface area contributed by atoms with Gasteiger partial charge in [-0.2, -0.15) is 0 Å². The first-order chi connectivity index (χ1) is 13.3. The minimum Gasteiger partial charge on any atom is -0.360 e. The number of piperidine rings is 1. The van der Waals surface area contributed by atoms with Gasteiger partial charge in [-0.1, -0.05) is 11.6 Å². The van der Waals surface area contributed by atoms with Crippen molar-refractivity contribution >= 4 is 5.91 Å². The summed E-state index contributed by atoms with van der Waals surface area (Å²) < 4.78 is 7.80. The molecule has 27 heavy (non-hydrogen) atoms. The van der Waals surface area contributed by atoms with E-state index >= 15 is 0 Å². The first-order valence-corrected chi connectivity index (χ1v) is 10.6. The number of rotatable bonds is 4. The van der Waals surface area contributed by atoms with Crippen molar-refractivity contribution in [3.05, 3.63) is 35.2 Å². The smallest absolute Gasteiger partial charge is 0.276 e. The number of likely N-dealkylation sites (tertiary alicyclic amines) is 1. The van der Waals surface area contributed by atoms with E-state index in [1.807, 2.05) is 11.1 Å². The van der Waals surface area contributed by atoms with E-state index in [0.29, 0.717) is 11.6 Å². The van der Waals surface area contributed by atoms with E-state index in [9.17, 15) is 4.79 Å². The number of nitrogens with zero attached hydrogens (tertiary/aromatic N) is 4. The van der Waals surface area contributed by atoms with Crippen molar-refractivity contribution in [1.29, 1.82) is 0 Å². The summed E-state index contributed by atoms with van der Waals surface area (Å²) in [5.41, 5.74) is 1.62. The van der Waals surface area contributed by atoms with Crippen molar-refractivity contribution in [3.8, 4) is 0 Å². The Kier molecular flexibility index (Phi) is 4.50. The molecule has 3 aliphatic rings. The van der Waals surface area contributed by atoms with E-state index in [0.717, 1.165) is 75.4 Å². The molecule has 1 saturated heterocycles. The van der Waals surface area contributed by atoms with Gasteiger partial charge in [-0.3, -0.25) is 4.79 Å². The fourth-order valence-corrected chi connectivity index (χ4v) is 4.83. The first kappa shape index (κ1) is 17.0. The Morgan fingerprint density at radius 3 is 2.70 bits per heavy atom. The summed E-state index contributed by atoms with van der Waals surface area (Å²) in [6, 6.07) is 0. The summed E-state index contributed by atoms with van der Waals surface area (Å²) >= 11 is 0. The predicted molar refractivity (Wildman–Crippen MR) is 101 cm³/mol. The Balaban J connectivity index is 1.23. The summed E-state index contributed by atoms with van der Waals surface area (Å²) in [4.78, 5) is 19.6. The minimum atomic E-state index is 0.0539. The van der Waals surface area contributed by atoms with E-state index in [1.165, 1.54) is 25.1 Å². The first-order valence-electron chi connectivity index (χ1n) is 10.6. The number of imidazole rings is 1. The monoisotopic (exact) mass is 368 g/mol. The predicted octanol–water partition coefficient (Wildman–Crippen LogP) is 3.57. The van der Waals surface area contributed by atoms with Gasteiger partial charge >= 0.3 is 0 Å². The zero-order valence-electron chi connectivity index (χ0n) is 15.9. The number of aromatic nitrogens is 3. The van der Waals surface area contributed by atoms with Gasteiger partial charge in [-0.25, -0.2) is 4.98 Å². The SMILES string of the molecule is O=C(c1noc2c1CCCC2)N1CCC(c2nccn2CC2CCC2)CC1. The molecule has 0 aromatic carbocycles. The highest BCUT2D eigenvalue weighted by Gasteiger charge is 2.31. The summed E-state index contributed by atoms with van der Waals surface area (Å²) in [6.45, 7) is 2.67. The second-order valence-corrected chi connectivity index (χ2v) is 8.44. The normalized spacial score (nSPS) is 21.1. The third-order valence-electron chi connectivity index (χ3n) is 6.73. The molecular formula is C21H28N4O2. The molecule has 2 aliphatic carbocycles. The van der Waals surface area contributed by atoms with Crippen LogP contribution in [0.1, 0.15) is 78.5 Å². The molecule has 0 radical (unpaired) electrons. The van der Waals surface area contributed by atoms with E-state index in [2.05, 4.69) is 20.9 Å². The number of carbonyl (C=O) groups excluding carboxylic acids is 1. The maximum absolute atomic E-state index is 13.0. The molecular weight excluding hydrogens is 340 g/mol. The number of hydrogen-bond acceptors (Lipinski definition) is 4. The average Bonchev–Trinajstić information content (AvgIpc) is 3.31. The lowest BCUT2D eigenvalue weighted by Gasteiger charge is -2.32. The van der Waals surface area contributed by atoms with E-state index in [-0.39, 0.29) is 5.91 Å². The van der Waals surface area contributed by atoms with E-state index in [1.54, 1.807) is 0 Å². The largest absolute Gasteiger partial charge is 0.360 e. The molecule has 0 bridgehead atoms. The fraction of sp³-hybridized carbons (Fsp3) is 0.667. The topological polar surface area (TPSA) is 64.2 Å². The van der Waals surface area contributed by atoms with Gasteiger partial charge in [-0.15, -0.1) is 0 Å². The molecule has 2 aromatic heterocycles. The second-order valence-electron chi connectivity index (χ2n) is 8.44. The molecule has 2 aromatic rings. The van der Waals surface area contributed by atoms with Gasteiger partial charge in [-0.05, 0) is 50.9 Å². The van der Waals surface area contributed by atoms with Crippen LogP contribution < -0.4 is 0 Å². The van der Waals surface area contributed by atoms with Crippen LogP contribution in [0.5, 0.6) is 0 Å². The molecule has 5 rings (SSSR count). The Morgan fingerprint density at radius 1 is 1.11 bits per heavy atom. The lowest BCUT2D eigenvalue weighted by atomic mass is 9.85. The van der Waals surface area contributed by atoms with Gasteiger partial charge in [0.2, 0.25) is 0 Å². The summed E-state index contributed by atoms with van der Waals surface area (Å²) in [6.07, 6.45) is 14.2. The standard InChI is InChI=1S/C21H28N4O2/c26-21(19-17-6-1-2-7-18(17)27-23-19)24-11-8-16(9-12-24)20-22-10-13-25(20)14-15-4-3-5-15/h10,13,15-16H,1-9,11-12,14H2. The van der Waals surface area contributed by atoms with Crippen LogP contribution in [0.25, 0.3) is 0 Å². The second kappa shape index (κ2) is 7.13. The molecule has 0 spiro atoms. The molecule has 0 unspecified atom stereocenters. The lowest BCUT2D eigenvalue weighted by molar-refractivity contribution is 0.0698. The van der Waals surface area contributed by atoms with E-state index < -0.39 is 0 Å². The van der Waals surface area contributed by atoms with Crippen LogP contribution in [0.3, 0.4) is 0 Å². The highest BCUT2D eigenvalue weighted by molar-refractivity contribution is 5.94. The summed E-state index contributed by atoms with van der Waals surface area (Å²) in [5.74, 6) is 3.48. The van der Waals surface area contributed by atoms with Gasteiger partial charge in [0.05, 0.1) is 0 Å². The molecule has 0 N–H and O–H groups in total. The molecule has 2 fully saturated rings. The van der Waals surface area contributed by atoms with Crippen LogP contribution in [0.2, 0.25) is 0 Å². The highest BCUT2D eigenvalue weighted by Crippen LogP contribution is 2.32. The molecule has 6 nitrogen and oxygen atoms in total. The molecule has 0 atom stereocenters. The molecule has 1 amide bonds. The molecule has 6 heteroatoms. The van der Waals surface area contributed by atoms with Gasteiger partial charge in [0.1, 0.15) is 11.6 Å². The average molecular weight is 368 g/mol. The Morgan fingerprint density at radius 2 is 1.93 bits per heavy atom. The highest BCUT2D eigenvalue weighted by atomic mass is 16.5. The van der Waals surface area contributed by atoms with Gasteiger partial charge in [0, 0.05) is 49.9 Å². The van der Waals surface area contributed by atoms with Crippen molar-refractivity contribution < 1.29 is 9.32 Å². The van der Waals surface area contributed by atoms with Crippen molar-refractivity contribution in [1.82, 2.24) is 19.6 Å². The van der Waals surface area contributed by atoms with Crippen molar-refractivity contribution in [2.45, 2.75) is 70.3 Å². The van der Waals surface area contributed by atoms with Crippen LogP contribution in [0.4, 0.5) is 0 Å². The van der Waals surface area contributed by atoms with Crippen LogP contribution in [0, 0.1) is 5.92 Å². The lowest BCUT2D eigenvalue weighted by Crippen LogP contribution is -2.39. The third kappa shape index (κ3) is 3.19. The molecule has 1 aliphatic heterocycles. The molecule has 1 saturated carbocycles. The molecule has 3 heterocycles. The maximum Gasteiger partial charge on any atom is 0.276 e. The number of aryl methyl sites for hydroxylation is 1. The van der Waals surface area contributed by atoms with Gasteiger partial charge in [0.25, 0.3) is 5.91 Å². The minimum absolute atomic E-state index is 0.0539. The Hall–Kier alpha value is -2.11. The number of carbonyl (C=O) groups is 1. The Bertz CT molecular complexity index is 812. The zero-order chi connectivity index (χ0) is 18.2. The third-order valence-corrected chi connectivity index (χ3v) is 6.73. The van der Waals surface area contributed by atoms with Crippen LogP contribution >= 0.6 is 0 Å². The van der Waals surface area contributed by atoms with Crippen molar-refractivity contribution in [2.24, 2.45) is 5.92 Å². The van der Waals surface area contributed by atoms with Gasteiger partial charge in [0.15, 0.2) is 5.69 Å². The van der Waals surface area contributed by atoms with Crippen molar-refractivity contribution in [3.63, 3.8) is 0 Å². The number of fused-ring (bicyclic) bond motifs is 1. The summed E-state index contributed by atoms with van der Waals surface area (Å²) in [7, 11) is 0. The van der Waals surface area contributed by atoms with Crippen LogP contribution in [0.15, 0.2) is 16.9 Å². The van der Waals surface area contributed by atoms with Crippen LogP contribution in [-0.2, 0) is 19.4 Å². The molecule has 144 valence electrons. The summed E-state index contributed by atoms with van der Waals surface area (Å²) in [5, 5.41) is 4.12. The zero-order valence-corrected chi connectivity index (χ0v) is 15.9. The van der Waals surface area contributed by atoms with Crippen molar-refractivity contribution in [2.75, 3.05) is 13.1 Å². The fourth-order valence-electron chi connectivity index (χ4n) is 4.83.